The summed E-state index contributed by atoms with van der Waals surface area (Å²) >= 11 is 0. The highest BCUT2D eigenvalue weighted by Gasteiger charge is 2.32. The van der Waals surface area contributed by atoms with E-state index in [2.05, 4.69) is 5.32 Å². The van der Waals surface area contributed by atoms with Gasteiger partial charge in [0.25, 0.3) is 5.91 Å². The first-order valence-electron chi connectivity index (χ1n) is 11.8. The highest BCUT2D eigenvalue weighted by molar-refractivity contribution is 6.06. The Bertz CT molecular complexity index is 1580. The number of fused-ring (bicyclic) bond motifs is 1. The van der Waals surface area contributed by atoms with Gasteiger partial charge in [-0.25, -0.2) is 4.79 Å². The largest absolute Gasteiger partial charge is 0.497 e. The van der Waals surface area contributed by atoms with Crippen LogP contribution >= 0.6 is 0 Å². The molecule has 1 aliphatic carbocycles. The minimum atomic E-state index is -0.712. The van der Waals surface area contributed by atoms with Crippen molar-refractivity contribution in [2.24, 2.45) is 5.92 Å². The maximum Gasteiger partial charge on any atom is 0.360 e. The van der Waals surface area contributed by atoms with Crippen LogP contribution in [0.15, 0.2) is 69.9 Å². The molecule has 0 spiro atoms. The molecule has 188 valence electrons. The Hall–Kier alpha value is -4.59. The number of rotatable bonds is 7. The number of amides is 1. The van der Waals surface area contributed by atoms with Gasteiger partial charge in [-0.3, -0.25) is 9.59 Å². The molecule has 8 nitrogen and oxygen atoms in total. The van der Waals surface area contributed by atoms with E-state index in [1.807, 2.05) is 24.3 Å². The third kappa shape index (κ3) is 4.91. The number of nitrogens with one attached hydrogen (secondary N) is 1. The standard InChI is InChI=1S/C29H25NO7/c1-16-24(36-28(32)17-7-8-17)11-9-19-15-23(29(33)37-26(16)19)30-27(31)20-10-12-25(35-3)22(14-20)18-5-4-6-21(13-18)34-2/h4-6,9-15,17H,7-8H2,1-3H3,(H,30,31). The zero-order valence-corrected chi connectivity index (χ0v) is 20.6. The lowest BCUT2D eigenvalue weighted by Gasteiger charge is -2.13. The summed E-state index contributed by atoms with van der Waals surface area (Å²) in [5.41, 5.74) is 1.97. The lowest BCUT2D eigenvalue weighted by Crippen LogP contribution is -2.18. The van der Waals surface area contributed by atoms with E-state index in [4.69, 9.17) is 18.6 Å². The number of benzene rings is 3. The monoisotopic (exact) mass is 499 g/mol. The topological polar surface area (TPSA) is 104 Å². The number of esters is 1. The quantitative estimate of drug-likeness (QED) is 0.208. The molecule has 1 aromatic heterocycles. The van der Waals surface area contributed by atoms with E-state index >= 15 is 0 Å². The van der Waals surface area contributed by atoms with Crippen LogP contribution in [0.25, 0.3) is 22.1 Å². The normalized spacial score (nSPS) is 12.7. The third-order valence-corrected chi connectivity index (χ3v) is 6.31. The second kappa shape index (κ2) is 9.81. The number of methoxy groups -OCH3 is 2. The lowest BCUT2D eigenvalue weighted by atomic mass is 10.0. The summed E-state index contributed by atoms with van der Waals surface area (Å²) in [6, 6.07) is 17.3. The minimum Gasteiger partial charge on any atom is -0.497 e. The second-order valence-electron chi connectivity index (χ2n) is 8.85. The second-order valence-corrected chi connectivity index (χ2v) is 8.85. The lowest BCUT2D eigenvalue weighted by molar-refractivity contribution is -0.135. The zero-order chi connectivity index (χ0) is 26.1. The molecule has 0 aliphatic heterocycles. The summed E-state index contributed by atoms with van der Waals surface area (Å²) in [5.74, 6) is 0.800. The molecule has 5 rings (SSSR count). The first kappa shape index (κ1) is 24.1. The molecule has 1 N–H and O–H groups in total. The summed E-state index contributed by atoms with van der Waals surface area (Å²) in [4.78, 5) is 37.9. The molecule has 3 aromatic carbocycles. The third-order valence-electron chi connectivity index (χ3n) is 6.31. The van der Waals surface area contributed by atoms with Crippen LogP contribution in [-0.2, 0) is 4.79 Å². The molecule has 0 bridgehead atoms. The molecule has 4 aromatic rings. The highest BCUT2D eigenvalue weighted by Crippen LogP contribution is 2.34. The average molecular weight is 500 g/mol. The van der Waals surface area contributed by atoms with Crippen LogP contribution in [0.5, 0.6) is 17.2 Å². The van der Waals surface area contributed by atoms with Crippen molar-refractivity contribution in [1.29, 1.82) is 0 Å². The van der Waals surface area contributed by atoms with Crippen LogP contribution < -0.4 is 25.2 Å². The van der Waals surface area contributed by atoms with Gasteiger partial charge in [0.1, 0.15) is 28.5 Å². The van der Waals surface area contributed by atoms with Crippen molar-refractivity contribution >= 4 is 28.5 Å². The van der Waals surface area contributed by atoms with Gasteiger partial charge in [-0.15, -0.1) is 0 Å². The first-order valence-corrected chi connectivity index (χ1v) is 11.8. The molecule has 1 amide bonds. The summed E-state index contributed by atoms with van der Waals surface area (Å²) in [6.07, 6.45) is 1.66. The number of hydrogen-bond donors (Lipinski definition) is 1. The minimum absolute atomic E-state index is 0.00151. The molecular weight excluding hydrogens is 474 g/mol. The number of carbonyl (C=O) groups excluding carboxylic acids is 2. The van der Waals surface area contributed by atoms with E-state index in [9.17, 15) is 14.4 Å². The molecule has 0 radical (unpaired) electrons. The van der Waals surface area contributed by atoms with Crippen LogP contribution in [0.4, 0.5) is 5.69 Å². The highest BCUT2D eigenvalue weighted by atomic mass is 16.5. The smallest absolute Gasteiger partial charge is 0.360 e. The van der Waals surface area contributed by atoms with Crippen LogP contribution in [-0.4, -0.2) is 26.1 Å². The predicted molar refractivity (Wildman–Crippen MR) is 139 cm³/mol. The van der Waals surface area contributed by atoms with Crippen molar-refractivity contribution in [1.82, 2.24) is 0 Å². The number of anilines is 1. The number of carbonyl (C=O) groups is 2. The first-order chi connectivity index (χ1) is 17.9. The van der Waals surface area contributed by atoms with Gasteiger partial charge in [0.05, 0.1) is 20.1 Å². The van der Waals surface area contributed by atoms with Crippen molar-refractivity contribution in [3.05, 3.63) is 82.2 Å². The molecule has 1 aliphatic rings. The van der Waals surface area contributed by atoms with Crippen LogP contribution in [0.2, 0.25) is 0 Å². The Labute approximate surface area is 212 Å². The zero-order valence-electron chi connectivity index (χ0n) is 20.6. The van der Waals surface area contributed by atoms with Gasteiger partial charge in [-0.2, -0.15) is 0 Å². The molecular formula is C29H25NO7. The van der Waals surface area contributed by atoms with Gasteiger partial charge in [-0.05, 0) is 73.9 Å². The molecule has 8 heteroatoms. The molecule has 0 atom stereocenters. The summed E-state index contributed by atoms with van der Waals surface area (Å²) < 4.78 is 21.8. The van der Waals surface area contributed by atoms with Crippen molar-refractivity contribution in [3.8, 4) is 28.4 Å². The van der Waals surface area contributed by atoms with E-state index in [0.29, 0.717) is 44.9 Å². The molecule has 1 saturated carbocycles. The maximum absolute atomic E-state index is 13.1. The van der Waals surface area contributed by atoms with Gasteiger partial charge in [0.2, 0.25) is 0 Å². The summed E-state index contributed by atoms with van der Waals surface area (Å²) in [5, 5.41) is 3.24. The van der Waals surface area contributed by atoms with Crippen LogP contribution in [0.1, 0.15) is 28.8 Å². The van der Waals surface area contributed by atoms with Crippen molar-refractivity contribution in [2.45, 2.75) is 19.8 Å². The molecule has 1 fully saturated rings. The van der Waals surface area contributed by atoms with E-state index in [-0.39, 0.29) is 17.6 Å². The van der Waals surface area contributed by atoms with E-state index < -0.39 is 11.5 Å². The fourth-order valence-electron chi connectivity index (χ4n) is 4.07. The fraction of sp³-hybridized carbons (Fsp3) is 0.207. The Balaban J connectivity index is 1.43. The van der Waals surface area contributed by atoms with E-state index in [1.165, 1.54) is 0 Å². The molecule has 0 unspecified atom stereocenters. The Kier molecular flexibility index (Phi) is 6.40. The number of aryl methyl sites for hydroxylation is 1. The van der Waals surface area contributed by atoms with Gasteiger partial charge >= 0.3 is 11.6 Å². The molecule has 0 saturated heterocycles. The number of ether oxygens (including phenoxy) is 3. The van der Waals surface area contributed by atoms with Gasteiger partial charge in [0.15, 0.2) is 0 Å². The Morgan fingerprint density at radius 2 is 1.73 bits per heavy atom. The predicted octanol–water partition coefficient (Wildman–Crippen LogP) is 5.35. The summed E-state index contributed by atoms with van der Waals surface area (Å²) in [6.45, 7) is 1.72. The van der Waals surface area contributed by atoms with Crippen molar-refractivity contribution in [3.63, 3.8) is 0 Å². The van der Waals surface area contributed by atoms with E-state index in [0.717, 1.165) is 18.4 Å². The van der Waals surface area contributed by atoms with Crippen molar-refractivity contribution in [2.75, 3.05) is 19.5 Å². The van der Waals surface area contributed by atoms with Gasteiger partial charge in [-0.1, -0.05) is 12.1 Å². The maximum atomic E-state index is 13.1. The fourth-order valence-corrected chi connectivity index (χ4v) is 4.07. The van der Waals surface area contributed by atoms with Crippen LogP contribution in [0.3, 0.4) is 0 Å². The van der Waals surface area contributed by atoms with E-state index in [1.54, 1.807) is 57.5 Å². The molecule has 1 heterocycles. The van der Waals surface area contributed by atoms with Gasteiger partial charge < -0.3 is 23.9 Å². The van der Waals surface area contributed by atoms with Crippen molar-refractivity contribution < 1.29 is 28.2 Å². The van der Waals surface area contributed by atoms with Crippen LogP contribution in [0, 0.1) is 12.8 Å². The Morgan fingerprint density at radius 1 is 0.946 bits per heavy atom. The number of hydrogen-bond acceptors (Lipinski definition) is 7. The molecule has 37 heavy (non-hydrogen) atoms. The SMILES string of the molecule is COc1cccc(-c2cc(C(=O)Nc3cc4ccc(OC(=O)C5CC5)c(C)c4oc3=O)ccc2OC)c1. The summed E-state index contributed by atoms with van der Waals surface area (Å²) in [7, 11) is 3.14. The van der Waals surface area contributed by atoms with Gasteiger partial charge in [0, 0.05) is 22.1 Å². The average Bonchev–Trinajstić information content (AvgIpc) is 3.77. The Morgan fingerprint density at radius 3 is 2.46 bits per heavy atom.